The van der Waals surface area contributed by atoms with Gasteiger partial charge in [0.2, 0.25) is 5.91 Å². The van der Waals surface area contributed by atoms with Gasteiger partial charge in [0.05, 0.1) is 0 Å². The molecule has 27 heavy (non-hydrogen) atoms. The van der Waals surface area contributed by atoms with Gasteiger partial charge in [-0.15, -0.1) is 0 Å². The monoisotopic (exact) mass is 370 g/mol. The molecule has 2 heterocycles. The third kappa shape index (κ3) is 4.07. The van der Waals surface area contributed by atoms with E-state index in [2.05, 4.69) is 40.1 Å². The second-order valence-corrected chi connectivity index (χ2v) is 9.02. The van der Waals surface area contributed by atoms with Crippen LogP contribution < -0.4 is 0 Å². The van der Waals surface area contributed by atoms with Crippen molar-refractivity contribution in [3.05, 3.63) is 35.9 Å². The third-order valence-electron chi connectivity index (χ3n) is 7.52. The summed E-state index contributed by atoms with van der Waals surface area (Å²) >= 11 is 0. The lowest BCUT2D eigenvalue weighted by atomic mass is 9.64. The highest BCUT2D eigenvalue weighted by Gasteiger charge is 2.46. The Balaban J connectivity index is 1.34. The fourth-order valence-electron chi connectivity index (χ4n) is 5.65. The Hall–Kier alpha value is -1.39. The summed E-state index contributed by atoms with van der Waals surface area (Å²) in [6.07, 6.45) is 7.91. The minimum absolute atomic E-state index is 0.215. The zero-order chi connectivity index (χ0) is 18.7. The summed E-state index contributed by atoms with van der Waals surface area (Å²) in [5.74, 6) is 0.865. The van der Waals surface area contributed by atoms with Crippen molar-refractivity contribution in [1.82, 2.24) is 9.80 Å². The van der Waals surface area contributed by atoms with Crippen LogP contribution >= 0.6 is 0 Å². The first-order chi connectivity index (χ1) is 13.2. The summed E-state index contributed by atoms with van der Waals surface area (Å²) in [6.45, 7) is 5.10. The average molecular weight is 371 g/mol. The Morgan fingerprint density at radius 1 is 1.04 bits per heavy atom. The van der Waals surface area contributed by atoms with Gasteiger partial charge in [-0.1, -0.05) is 43.2 Å². The number of benzene rings is 1. The molecule has 0 radical (unpaired) electrons. The smallest absolute Gasteiger partial charge is 0.225 e. The van der Waals surface area contributed by atoms with Gasteiger partial charge in [-0.05, 0) is 56.2 Å². The van der Waals surface area contributed by atoms with Crippen molar-refractivity contribution in [2.75, 3.05) is 32.8 Å². The number of amides is 1. The van der Waals surface area contributed by atoms with Crippen LogP contribution in [0.15, 0.2) is 30.3 Å². The van der Waals surface area contributed by atoms with E-state index in [-0.39, 0.29) is 23.9 Å². The van der Waals surface area contributed by atoms with Gasteiger partial charge in [-0.3, -0.25) is 9.69 Å². The molecule has 0 unspecified atom stereocenters. The predicted octanol–water partition coefficient (Wildman–Crippen LogP) is 3.30. The van der Waals surface area contributed by atoms with E-state index in [1.54, 1.807) is 0 Å². The Labute approximate surface area is 163 Å². The van der Waals surface area contributed by atoms with Crippen molar-refractivity contribution in [1.29, 1.82) is 0 Å². The van der Waals surface area contributed by atoms with E-state index < -0.39 is 0 Å². The van der Waals surface area contributed by atoms with Crippen molar-refractivity contribution < 1.29 is 9.90 Å². The van der Waals surface area contributed by atoms with Gasteiger partial charge in [0.1, 0.15) is 0 Å². The van der Waals surface area contributed by atoms with Crippen molar-refractivity contribution in [2.24, 2.45) is 17.3 Å². The molecule has 1 aromatic carbocycles. The molecule has 1 atom stereocenters. The number of piperidine rings is 2. The highest BCUT2D eigenvalue weighted by Crippen LogP contribution is 2.45. The van der Waals surface area contributed by atoms with E-state index in [1.165, 1.54) is 18.4 Å². The Kier molecular flexibility index (Phi) is 5.84. The van der Waals surface area contributed by atoms with E-state index >= 15 is 0 Å². The summed E-state index contributed by atoms with van der Waals surface area (Å²) < 4.78 is 0. The summed E-state index contributed by atoms with van der Waals surface area (Å²) in [5.41, 5.74) is 1.61. The second-order valence-electron chi connectivity index (χ2n) is 9.02. The fraction of sp³-hybridized carbons (Fsp3) is 0.696. The number of rotatable bonds is 4. The molecule has 4 rings (SSSR count). The fourth-order valence-corrected chi connectivity index (χ4v) is 5.65. The van der Waals surface area contributed by atoms with E-state index in [0.717, 1.165) is 64.8 Å². The van der Waals surface area contributed by atoms with Gasteiger partial charge in [0, 0.05) is 38.1 Å². The summed E-state index contributed by atoms with van der Waals surface area (Å²) in [6, 6.07) is 10.7. The summed E-state index contributed by atoms with van der Waals surface area (Å²) in [7, 11) is 0. The van der Waals surface area contributed by atoms with E-state index in [1.807, 2.05) is 0 Å². The van der Waals surface area contributed by atoms with E-state index in [9.17, 15) is 9.90 Å². The molecule has 1 saturated carbocycles. The molecule has 4 heteroatoms. The maximum atomic E-state index is 12.8. The van der Waals surface area contributed by atoms with Gasteiger partial charge in [0.25, 0.3) is 0 Å². The zero-order valence-corrected chi connectivity index (χ0v) is 16.5. The van der Waals surface area contributed by atoms with Crippen LogP contribution in [-0.2, 0) is 11.3 Å². The zero-order valence-electron chi connectivity index (χ0n) is 16.5. The normalized spacial score (nSPS) is 26.6. The quantitative estimate of drug-likeness (QED) is 0.884. The van der Waals surface area contributed by atoms with E-state index in [4.69, 9.17) is 0 Å². The molecule has 4 nitrogen and oxygen atoms in total. The van der Waals surface area contributed by atoms with Gasteiger partial charge < -0.3 is 10.0 Å². The molecule has 1 aromatic rings. The molecule has 0 aromatic heterocycles. The topological polar surface area (TPSA) is 43.8 Å². The van der Waals surface area contributed by atoms with Crippen LogP contribution in [0.25, 0.3) is 0 Å². The molecule has 2 aliphatic heterocycles. The standard InChI is InChI=1S/C23H34N2O2/c26-18-21-17-25(22(27)20-8-4-5-9-20)15-12-23(21)10-13-24(14-11-23)16-19-6-2-1-3-7-19/h1-3,6-7,20-21,26H,4-5,8-18H2/t21-/m1/s1. The summed E-state index contributed by atoms with van der Waals surface area (Å²) in [5, 5.41) is 10.1. The highest BCUT2D eigenvalue weighted by atomic mass is 16.3. The number of carbonyl (C=O) groups excluding carboxylic acids is 1. The number of likely N-dealkylation sites (tertiary alicyclic amines) is 2. The lowest BCUT2D eigenvalue weighted by molar-refractivity contribution is -0.142. The van der Waals surface area contributed by atoms with Crippen LogP contribution in [0.1, 0.15) is 50.5 Å². The third-order valence-corrected chi connectivity index (χ3v) is 7.52. The van der Waals surface area contributed by atoms with Crippen LogP contribution in [0.5, 0.6) is 0 Å². The van der Waals surface area contributed by atoms with Crippen LogP contribution in [0.2, 0.25) is 0 Å². The number of aliphatic hydroxyl groups excluding tert-OH is 1. The Morgan fingerprint density at radius 2 is 1.70 bits per heavy atom. The Morgan fingerprint density at radius 3 is 2.37 bits per heavy atom. The van der Waals surface area contributed by atoms with E-state index in [0.29, 0.717) is 5.91 Å². The SMILES string of the molecule is O=C(C1CCCC1)N1CCC2(CCN(Cc3ccccc3)CC2)[C@@H](CO)C1. The highest BCUT2D eigenvalue weighted by molar-refractivity contribution is 5.79. The van der Waals surface area contributed by atoms with Crippen LogP contribution in [0.3, 0.4) is 0 Å². The molecule has 2 saturated heterocycles. The van der Waals surface area contributed by atoms with Crippen LogP contribution in [-0.4, -0.2) is 53.6 Å². The predicted molar refractivity (Wildman–Crippen MR) is 107 cm³/mol. The number of carbonyl (C=O) groups is 1. The Bertz CT molecular complexity index is 619. The first kappa shape index (κ1) is 18.9. The molecule has 1 spiro atoms. The van der Waals surface area contributed by atoms with Crippen molar-refractivity contribution in [2.45, 2.75) is 51.5 Å². The minimum atomic E-state index is 0.215. The molecule has 1 N–H and O–H groups in total. The first-order valence-electron chi connectivity index (χ1n) is 10.9. The van der Waals surface area contributed by atoms with Crippen molar-refractivity contribution in [3.8, 4) is 0 Å². The van der Waals surface area contributed by atoms with Gasteiger partial charge in [-0.25, -0.2) is 0 Å². The molecular weight excluding hydrogens is 336 g/mol. The number of nitrogens with zero attached hydrogens (tertiary/aromatic N) is 2. The van der Waals surface area contributed by atoms with Crippen molar-refractivity contribution in [3.63, 3.8) is 0 Å². The molecule has 1 amide bonds. The molecular formula is C23H34N2O2. The summed E-state index contributed by atoms with van der Waals surface area (Å²) in [4.78, 5) is 17.5. The second kappa shape index (κ2) is 8.32. The average Bonchev–Trinajstić information content (AvgIpc) is 3.25. The lowest BCUT2D eigenvalue weighted by Crippen LogP contribution is -2.55. The first-order valence-corrected chi connectivity index (χ1v) is 10.9. The van der Waals surface area contributed by atoms with Crippen molar-refractivity contribution >= 4 is 5.91 Å². The van der Waals surface area contributed by atoms with Crippen LogP contribution in [0, 0.1) is 17.3 Å². The largest absolute Gasteiger partial charge is 0.396 e. The van der Waals surface area contributed by atoms with Gasteiger partial charge in [0.15, 0.2) is 0 Å². The minimum Gasteiger partial charge on any atom is -0.396 e. The maximum Gasteiger partial charge on any atom is 0.225 e. The van der Waals surface area contributed by atoms with Gasteiger partial charge in [-0.2, -0.15) is 0 Å². The molecule has 3 aliphatic rings. The maximum absolute atomic E-state index is 12.8. The molecule has 1 aliphatic carbocycles. The molecule has 148 valence electrons. The number of hydrogen-bond donors (Lipinski definition) is 1. The van der Waals surface area contributed by atoms with Gasteiger partial charge >= 0.3 is 0 Å². The molecule has 3 fully saturated rings. The number of hydrogen-bond acceptors (Lipinski definition) is 3. The molecule has 0 bridgehead atoms. The number of aliphatic hydroxyl groups is 1. The van der Waals surface area contributed by atoms with Crippen LogP contribution in [0.4, 0.5) is 0 Å². The lowest BCUT2D eigenvalue weighted by Gasteiger charge is -2.51.